The van der Waals surface area contributed by atoms with Crippen LogP contribution in [-0.4, -0.2) is 16.9 Å². The lowest BCUT2D eigenvalue weighted by molar-refractivity contribution is 0.0937. The number of rotatable bonds is 2. The molecule has 4 heteroatoms. The molecule has 0 saturated heterocycles. The summed E-state index contributed by atoms with van der Waals surface area (Å²) in [7, 11) is 0. The highest BCUT2D eigenvalue weighted by Gasteiger charge is 2.19. The Morgan fingerprint density at radius 2 is 2.05 bits per heavy atom. The van der Waals surface area contributed by atoms with Crippen molar-refractivity contribution in [1.82, 2.24) is 10.3 Å². The molecule has 0 spiro atoms. The van der Waals surface area contributed by atoms with Crippen LogP contribution in [0.4, 0.5) is 0 Å². The maximum atomic E-state index is 12.4. The van der Waals surface area contributed by atoms with Gasteiger partial charge in [0.25, 0.3) is 5.91 Å². The first-order chi connectivity index (χ1) is 9.63. The summed E-state index contributed by atoms with van der Waals surface area (Å²) in [6, 6.07) is 7.73. The van der Waals surface area contributed by atoms with Crippen LogP contribution < -0.4 is 5.32 Å². The van der Waals surface area contributed by atoms with Crippen molar-refractivity contribution in [1.29, 1.82) is 0 Å². The van der Waals surface area contributed by atoms with Crippen LogP contribution in [-0.2, 0) is 0 Å². The van der Waals surface area contributed by atoms with Gasteiger partial charge >= 0.3 is 0 Å². The second-order valence-corrected chi connectivity index (χ2v) is 5.85. The Labute approximate surface area is 123 Å². The summed E-state index contributed by atoms with van der Waals surface area (Å²) in [5.74, 6) is -0.0243. The molecule has 1 heterocycles. The number of aromatic nitrogens is 1. The predicted molar refractivity (Wildman–Crippen MR) is 81.2 cm³/mol. The second kappa shape index (κ2) is 5.41. The van der Waals surface area contributed by atoms with Crippen molar-refractivity contribution in [2.24, 2.45) is 0 Å². The lowest BCUT2D eigenvalue weighted by Gasteiger charge is -2.13. The van der Waals surface area contributed by atoms with Crippen molar-refractivity contribution in [2.45, 2.75) is 38.6 Å². The van der Waals surface area contributed by atoms with Gasteiger partial charge in [-0.25, -0.2) is 0 Å². The largest absolute Gasteiger partial charge is 0.349 e. The van der Waals surface area contributed by atoms with Crippen molar-refractivity contribution in [3.8, 4) is 0 Å². The Hall–Kier alpha value is -1.61. The van der Waals surface area contributed by atoms with Crippen LogP contribution in [0.2, 0.25) is 5.02 Å². The van der Waals surface area contributed by atoms with Gasteiger partial charge < -0.3 is 5.32 Å². The van der Waals surface area contributed by atoms with Gasteiger partial charge in [-0.05, 0) is 44.0 Å². The first-order valence-corrected chi connectivity index (χ1v) is 7.39. The monoisotopic (exact) mass is 288 g/mol. The summed E-state index contributed by atoms with van der Waals surface area (Å²) in [5.41, 5.74) is 2.27. The Kier molecular flexibility index (Phi) is 3.62. The van der Waals surface area contributed by atoms with E-state index in [1.54, 1.807) is 0 Å². The molecule has 2 aromatic rings. The highest BCUT2D eigenvalue weighted by Crippen LogP contribution is 2.22. The molecule has 20 heavy (non-hydrogen) atoms. The van der Waals surface area contributed by atoms with Crippen molar-refractivity contribution < 1.29 is 4.79 Å². The molecule has 1 aliphatic carbocycles. The molecule has 1 aliphatic rings. The molecule has 1 aromatic carbocycles. The molecule has 1 N–H and O–H groups in total. The van der Waals surface area contributed by atoms with E-state index in [0.29, 0.717) is 16.6 Å². The fraction of sp³-hybridized carbons (Fsp3) is 0.375. The average Bonchev–Trinajstić information content (AvgIpc) is 2.91. The van der Waals surface area contributed by atoms with E-state index in [-0.39, 0.29) is 5.91 Å². The third kappa shape index (κ3) is 2.63. The maximum absolute atomic E-state index is 12.4. The summed E-state index contributed by atoms with van der Waals surface area (Å²) in [6.45, 7) is 1.87. The van der Waals surface area contributed by atoms with Crippen LogP contribution in [0.1, 0.15) is 41.7 Å². The zero-order valence-electron chi connectivity index (χ0n) is 11.4. The van der Waals surface area contributed by atoms with Gasteiger partial charge in [0, 0.05) is 16.5 Å². The smallest absolute Gasteiger partial charge is 0.253 e. The van der Waals surface area contributed by atoms with E-state index in [1.807, 2.05) is 31.2 Å². The van der Waals surface area contributed by atoms with Crippen LogP contribution >= 0.6 is 11.6 Å². The standard InChI is InChI=1S/C16H17ClN2O/c1-10-14(16(20)19-13-4-2-3-5-13)9-11-8-12(17)6-7-15(11)18-10/h6-9,13H,2-5H2,1H3,(H,19,20). The molecule has 1 fully saturated rings. The molecule has 0 aliphatic heterocycles. The van der Waals surface area contributed by atoms with Crippen LogP contribution in [0, 0.1) is 6.92 Å². The second-order valence-electron chi connectivity index (χ2n) is 5.41. The summed E-state index contributed by atoms with van der Waals surface area (Å²) in [4.78, 5) is 16.9. The Balaban J connectivity index is 1.93. The van der Waals surface area contributed by atoms with Gasteiger partial charge in [-0.3, -0.25) is 9.78 Å². The Bertz CT molecular complexity index is 663. The summed E-state index contributed by atoms with van der Waals surface area (Å²) < 4.78 is 0. The Morgan fingerprint density at radius 1 is 1.30 bits per heavy atom. The quantitative estimate of drug-likeness (QED) is 0.911. The highest BCUT2D eigenvalue weighted by atomic mass is 35.5. The van der Waals surface area contributed by atoms with Gasteiger partial charge in [0.15, 0.2) is 0 Å². The molecule has 0 radical (unpaired) electrons. The number of benzene rings is 1. The van der Waals surface area contributed by atoms with Crippen LogP contribution in [0.3, 0.4) is 0 Å². The lowest BCUT2D eigenvalue weighted by Crippen LogP contribution is -2.33. The average molecular weight is 289 g/mol. The topological polar surface area (TPSA) is 42.0 Å². The fourth-order valence-corrected chi connectivity index (χ4v) is 2.99. The zero-order valence-corrected chi connectivity index (χ0v) is 12.2. The number of fused-ring (bicyclic) bond motifs is 1. The molecular weight excluding hydrogens is 272 g/mol. The number of pyridine rings is 1. The van der Waals surface area contributed by atoms with Gasteiger partial charge in [0.2, 0.25) is 0 Å². The first kappa shape index (κ1) is 13.4. The summed E-state index contributed by atoms with van der Waals surface area (Å²) >= 11 is 6.00. The number of carbonyl (C=O) groups is 1. The van der Waals surface area contributed by atoms with Crippen LogP contribution in [0.25, 0.3) is 10.9 Å². The molecule has 1 saturated carbocycles. The fourth-order valence-electron chi connectivity index (χ4n) is 2.81. The van der Waals surface area contributed by atoms with Crippen molar-refractivity contribution in [2.75, 3.05) is 0 Å². The van der Waals surface area contributed by atoms with Crippen molar-refractivity contribution in [3.05, 3.63) is 40.5 Å². The minimum absolute atomic E-state index is 0.0243. The number of nitrogens with zero attached hydrogens (tertiary/aromatic N) is 1. The molecule has 0 unspecified atom stereocenters. The molecule has 0 bridgehead atoms. The third-order valence-electron chi connectivity index (χ3n) is 3.90. The number of carbonyl (C=O) groups excluding carboxylic acids is 1. The predicted octanol–water partition coefficient (Wildman–Crippen LogP) is 3.87. The van der Waals surface area contributed by atoms with E-state index in [2.05, 4.69) is 10.3 Å². The molecule has 1 amide bonds. The number of nitrogens with one attached hydrogen (secondary N) is 1. The minimum Gasteiger partial charge on any atom is -0.349 e. The third-order valence-corrected chi connectivity index (χ3v) is 4.14. The van der Waals surface area contributed by atoms with Crippen molar-refractivity contribution >= 4 is 28.4 Å². The van der Waals surface area contributed by atoms with E-state index in [4.69, 9.17) is 11.6 Å². The van der Waals surface area contributed by atoms with Gasteiger partial charge in [-0.1, -0.05) is 24.4 Å². The normalized spacial score (nSPS) is 15.7. The van der Waals surface area contributed by atoms with E-state index in [1.165, 1.54) is 12.8 Å². The maximum Gasteiger partial charge on any atom is 0.253 e. The molecule has 0 atom stereocenters. The zero-order chi connectivity index (χ0) is 14.1. The Morgan fingerprint density at radius 3 is 2.80 bits per heavy atom. The van der Waals surface area contributed by atoms with E-state index in [9.17, 15) is 4.79 Å². The SMILES string of the molecule is Cc1nc2ccc(Cl)cc2cc1C(=O)NC1CCCC1. The van der Waals surface area contributed by atoms with Crippen LogP contribution in [0.15, 0.2) is 24.3 Å². The molecule has 3 rings (SSSR count). The van der Waals surface area contributed by atoms with Crippen LogP contribution in [0.5, 0.6) is 0 Å². The summed E-state index contributed by atoms with van der Waals surface area (Å²) in [5, 5.41) is 4.66. The minimum atomic E-state index is -0.0243. The van der Waals surface area contributed by atoms with E-state index < -0.39 is 0 Å². The van der Waals surface area contributed by atoms with E-state index >= 15 is 0 Å². The lowest BCUT2D eigenvalue weighted by atomic mass is 10.1. The van der Waals surface area contributed by atoms with Gasteiger partial charge in [0.05, 0.1) is 16.8 Å². The van der Waals surface area contributed by atoms with Gasteiger partial charge in [-0.2, -0.15) is 0 Å². The van der Waals surface area contributed by atoms with E-state index in [0.717, 1.165) is 29.4 Å². The number of hydrogen-bond donors (Lipinski definition) is 1. The number of aryl methyl sites for hydroxylation is 1. The molecule has 3 nitrogen and oxygen atoms in total. The summed E-state index contributed by atoms with van der Waals surface area (Å²) in [6.07, 6.45) is 4.57. The molecule has 1 aromatic heterocycles. The van der Waals surface area contributed by atoms with Crippen molar-refractivity contribution in [3.63, 3.8) is 0 Å². The number of hydrogen-bond acceptors (Lipinski definition) is 2. The van der Waals surface area contributed by atoms with Gasteiger partial charge in [-0.15, -0.1) is 0 Å². The first-order valence-electron chi connectivity index (χ1n) is 7.01. The highest BCUT2D eigenvalue weighted by molar-refractivity contribution is 6.31. The molecular formula is C16H17ClN2O. The number of halogens is 1. The van der Waals surface area contributed by atoms with Gasteiger partial charge in [0.1, 0.15) is 0 Å². The number of amides is 1. The molecule has 104 valence electrons.